The molecule has 12 heavy (non-hydrogen) atoms. The van der Waals surface area contributed by atoms with Crippen molar-refractivity contribution >= 4 is 10.2 Å². The van der Waals surface area contributed by atoms with Gasteiger partial charge in [-0.05, 0) is 19.9 Å². The molecule has 0 aromatic carbocycles. The number of hydrogen-bond donors (Lipinski definition) is 2. The van der Waals surface area contributed by atoms with Gasteiger partial charge >= 0.3 is 0 Å². The summed E-state index contributed by atoms with van der Waals surface area (Å²) >= 11 is 0. The van der Waals surface area contributed by atoms with Gasteiger partial charge in [0.05, 0.1) is 0 Å². The van der Waals surface area contributed by atoms with Gasteiger partial charge in [0.15, 0.2) is 0 Å². The van der Waals surface area contributed by atoms with Crippen LogP contribution < -0.4 is 9.86 Å². The lowest BCUT2D eigenvalue weighted by molar-refractivity contribution is 0.329. The average molecular weight is 193 g/mol. The number of rotatable bonds is 5. The Bertz CT molecular complexity index is 235. The molecule has 1 saturated carbocycles. The molecule has 0 amide bonds. The predicted molar refractivity (Wildman–Crippen MR) is 46.8 cm³/mol. The normalized spacial score (nSPS) is 18.6. The van der Waals surface area contributed by atoms with Crippen LogP contribution in [0.5, 0.6) is 0 Å². The minimum atomic E-state index is -3.50. The summed E-state index contributed by atoms with van der Waals surface area (Å²) in [6, 6.07) is 0.660. The number of hydrogen-bond acceptors (Lipinski definition) is 3. The molecule has 0 spiro atoms. The third kappa shape index (κ3) is 4.01. The van der Waals surface area contributed by atoms with Crippen LogP contribution in [0.3, 0.4) is 0 Å². The van der Waals surface area contributed by atoms with Crippen molar-refractivity contribution in [3.05, 3.63) is 0 Å². The molecule has 0 unspecified atom stereocenters. The molecule has 0 bridgehead atoms. The van der Waals surface area contributed by atoms with Gasteiger partial charge in [0.25, 0.3) is 10.2 Å². The maximum atomic E-state index is 10.4. The van der Waals surface area contributed by atoms with Gasteiger partial charge in [0, 0.05) is 19.1 Å². The van der Waals surface area contributed by atoms with Crippen molar-refractivity contribution in [1.82, 2.24) is 9.62 Å². The minimum Gasteiger partial charge on any atom is -0.302 e. The zero-order valence-electron chi connectivity index (χ0n) is 7.16. The summed E-state index contributed by atoms with van der Waals surface area (Å²) in [4.78, 5) is 2.14. The Morgan fingerprint density at radius 3 is 2.58 bits per heavy atom. The molecule has 0 radical (unpaired) electrons. The largest absolute Gasteiger partial charge is 0.302 e. The first-order valence-corrected chi connectivity index (χ1v) is 5.51. The molecule has 1 aliphatic rings. The van der Waals surface area contributed by atoms with E-state index in [4.69, 9.17) is 5.14 Å². The molecule has 6 heteroatoms. The fourth-order valence-electron chi connectivity index (χ4n) is 1.06. The fraction of sp³-hybridized carbons (Fsp3) is 1.00. The quantitative estimate of drug-likeness (QED) is 0.580. The minimum absolute atomic E-state index is 0.395. The van der Waals surface area contributed by atoms with E-state index in [1.54, 1.807) is 0 Å². The van der Waals surface area contributed by atoms with E-state index < -0.39 is 10.2 Å². The van der Waals surface area contributed by atoms with Crippen LogP contribution in [-0.2, 0) is 10.2 Å². The average Bonchev–Trinajstić information content (AvgIpc) is 2.64. The Kier molecular flexibility index (Phi) is 3.05. The monoisotopic (exact) mass is 193 g/mol. The van der Waals surface area contributed by atoms with Gasteiger partial charge in [0.2, 0.25) is 0 Å². The molecular formula is C6H15N3O2S. The smallest absolute Gasteiger partial charge is 0.274 e. The Balaban J connectivity index is 2.09. The molecule has 0 aromatic rings. The SMILES string of the molecule is CN(CCNS(N)(=O)=O)C1CC1. The predicted octanol–water partition coefficient (Wildman–Crippen LogP) is -1.13. The standard InChI is InChI=1S/C6H15N3O2S/c1-9(6-2-3-6)5-4-8-12(7,10)11/h6,8H,2-5H2,1H3,(H2,7,10,11). The van der Waals surface area contributed by atoms with Crippen LogP contribution in [0.25, 0.3) is 0 Å². The van der Waals surface area contributed by atoms with E-state index in [2.05, 4.69) is 9.62 Å². The van der Waals surface area contributed by atoms with Gasteiger partial charge in [-0.2, -0.15) is 8.42 Å². The second-order valence-electron chi connectivity index (χ2n) is 3.15. The Morgan fingerprint density at radius 1 is 1.58 bits per heavy atom. The molecule has 3 N–H and O–H groups in total. The van der Waals surface area contributed by atoms with Crippen molar-refractivity contribution in [2.45, 2.75) is 18.9 Å². The molecule has 1 aliphatic carbocycles. The van der Waals surface area contributed by atoms with Crippen molar-refractivity contribution in [2.24, 2.45) is 5.14 Å². The van der Waals surface area contributed by atoms with Crippen LogP contribution in [0.2, 0.25) is 0 Å². The second-order valence-corrected chi connectivity index (χ2v) is 4.53. The van der Waals surface area contributed by atoms with Crippen LogP contribution in [0.15, 0.2) is 0 Å². The van der Waals surface area contributed by atoms with E-state index in [1.165, 1.54) is 12.8 Å². The van der Waals surface area contributed by atoms with E-state index in [0.717, 1.165) is 6.54 Å². The Hall–Kier alpha value is -0.170. The third-order valence-corrected chi connectivity index (χ3v) is 2.54. The van der Waals surface area contributed by atoms with Crippen LogP contribution in [0, 0.1) is 0 Å². The molecule has 72 valence electrons. The maximum Gasteiger partial charge on any atom is 0.274 e. The van der Waals surface area contributed by atoms with Crippen molar-refractivity contribution in [3.63, 3.8) is 0 Å². The summed E-state index contributed by atoms with van der Waals surface area (Å²) in [5.74, 6) is 0. The van der Waals surface area contributed by atoms with E-state index >= 15 is 0 Å². The number of nitrogens with zero attached hydrogens (tertiary/aromatic N) is 1. The summed E-state index contributed by atoms with van der Waals surface area (Å²) in [5.41, 5.74) is 0. The van der Waals surface area contributed by atoms with E-state index in [9.17, 15) is 8.42 Å². The fourth-order valence-corrected chi connectivity index (χ4v) is 1.44. The summed E-state index contributed by atoms with van der Waals surface area (Å²) in [5, 5.41) is 4.76. The van der Waals surface area contributed by atoms with Gasteiger partial charge in [-0.15, -0.1) is 0 Å². The molecule has 0 aliphatic heterocycles. The van der Waals surface area contributed by atoms with Gasteiger partial charge in [-0.25, -0.2) is 9.86 Å². The highest BCUT2D eigenvalue weighted by molar-refractivity contribution is 7.87. The molecule has 0 atom stereocenters. The van der Waals surface area contributed by atoms with E-state index in [1.807, 2.05) is 7.05 Å². The van der Waals surface area contributed by atoms with E-state index in [0.29, 0.717) is 12.6 Å². The third-order valence-electron chi connectivity index (χ3n) is 1.94. The van der Waals surface area contributed by atoms with Crippen molar-refractivity contribution in [3.8, 4) is 0 Å². The number of likely N-dealkylation sites (N-methyl/N-ethyl adjacent to an activating group) is 1. The molecule has 0 saturated heterocycles. The summed E-state index contributed by atoms with van der Waals surface area (Å²) < 4.78 is 23.1. The number of nitrogens with two attached hydrogens (primary N) is 1. The topological polar surface area (TPSA) is 75.4 Å². The van der Waals surface area contributed by atoms with Gasteiger partial charge < -0.3 is 4.90 Å². The van der Waals surface area contributed by atoms with Crippen LogP contribution in [0.4, 0.5) is 0 Å². The van der Waals surface area contributed by atoms with Gasteiger partial charge in [-0.1, -0.05) is 0 Å². The first-order valence-electron chi connectivity index (χ1n) is 3.96. The van der Waals surface area contributed by atoms with Gasteiger partial charge in [-0.3, -0.25) is 0 Å². The summed E-state index contributed by atoms with van der Waals surface area (Å²) in [7, 11) is -1.51. The highest BCUT2D eigenvalue weighted by Crippen LogP contribution is 2.24. The van der Waals surface area contributed by atoms with Crippen LogP contribution in [0.1, 0.15) is 12.8 Å². The summed E-state index contributed by atoms with van der Waals surface area (Å²) in [6.45, 7) is 1.12. The van der Waals surface area contributed by atoms with Crippen molar-refractivity contribution in [1.29, 1.82) is 0 Å². The van der Waals surface area contributed by atoms with Crippen molar-refractivity contribution in [2.75, 3.05) is 20.1 Å². The zero-order chi connectivity index (χ0) is 9.19. The highest BCUT2D eigenvalue weighted by atomic mass is 32.2. The molecule has 1 rings (SSSR count). The van der Waals surface area contributed by atoms with Crippen LogP contribution >= 0.6 is 0 Å². The van der Waals surface area contributed by atoms with E-state index in [-0.39, 0.29) is 0 Å². The first kappa shape index (κ1) is 9.91. The summed E-state index contributed by atoms with van der Waals surface area (Å²) in [6.07, 6.45) is 2.46. The first-order chi connectivity index (χ1) is 5.49. The zero-order valence-corrected chi connectivity index (χ0v) is 7.97. The highest BCUT2D eigenvalue weighted by Gasteiger charge is 2.25. The number of nitrogens with one attached hydrogen (secondary N) is 1. The maximum absolute atomic E-state index is 10.4. The molecule has 0 aromatic heterocycles. The molecule has 1 fully saturated rings. The van der Waals surface area contributed by atoms with Gasteiger partial charge in [0.1, 0.15) is 0 Å². The lowest BCUT2D eigenvalue weighted by atomic mass is 10.5. The molecule has 5 nitrogen and oxygen atoms in total. The second kappa shape index (κ2) is 3.69. The Labute approximate surface area is 73.1 Å². The molecule has 0 heterocycles. The Morgan fingerprint density at radius 2 is 2.17 bits per heavy atom. The van der Waals surface area contributed by atoms with Crippen LogP contribution in [-0.4, -0.2) is 39.5 Å². The molecular weight excluding hydrogens is 178 g/mol. The lowest BCUT2D eigenvalue weighted by Gasteiger charge is -2.14. The van der Waals surface area contributed by atoms with Crippen molar-refractivity contribution < 1.29 is 8.42 Å². The lowest BCUT2D eigenvalue weighted by Crippen LogP contribution is -2.37.